The monoisotopic (exact) mass is 236 g/mol. The second-order valence-corrected chi connectivity index (χ2v) is 4.92. The lowest BCUT2D eigenvalue weighted by atomic mass is 9.98. The van der Waals surface area contributed by atoms with Crippen molar-refractivity contribution in [1.29, 1.82) is 0 Å². The fraction of sp³-hybridized carbons (Fsp3) is 0.692. The Balaban J connectivity index is 1.90. The highest BCUT2D eigenvalue weighted by atomic mass is 15.2. The second-order valence-electron chi connectivity index (χ2n) is 4.92. The molecule has 0 spiro atoms. The normalized spacial score (nSPS) is 21.3. The van der Waals surface area contributed by atoms with Gasteiger partial charge in [-0.05, 0) is 25.1 Å². The van der Waals surface area contributed by atoms with Gasteiger partial charge < -0.3 is 20.5 Å². The van der Waals surface area contributed by atoms with Crippen molar-refractivity contribution < 1.29 is 0 Å². The largest absolute Gasteiger partial charge is 0.364 e. The lowest BCUT2D eigenvalue weighted by molar-refractivity contribution is 0.192. The lowest BCUT2D eigenvalue weighted by Crippen LogP contribution is -2.46. The fourth-order valence-electron chi connectivity index (χ4n) is 2.69. The summed E-state index contributed by atoms with van der Waals surface area (Å²) in [6.45, 7) is 8.08. The van der Waals surface area contributed by atoms with Gasteiger partial charge >= 0.3 is 0 Å². The molecule has 1 aromatic rings. The van der Waals surface area contributed by atoms with Crippen molar-refractivity contribution >= 4 is 0 Å². The Bertz CT molecular complexity index is 303. The van der Waals surface area contributed by atoms with Crippen molar-refractivity contribution in [2.24, 2.45) is 5.92 Å². The van der Waals surface area contributed by atoms with Crippen LogP contribution in [-0.2, 0) is 0 Å². The number of aromatic nitrogens is 1. The molecular formula is C13H24N4. The highest BCUT2D eigenvalue weighted by Gasteiger charge is 2.21. The van der Waals surface area contributed by atoms with Gasteiger partial charge in [-0.1, -0.05) is 6.92 Å². The molecule has 1 aliphatic heterocycles. The zero-order chi connectivity index (χ0) is 12.1. The van der Waals surface area contributed by atoms with E-state index in [9.17, 15) is 0 Å². The summed E-state index contributed by atoms with van der Waals surface area (Å²) in [5, 5.41) is 6.82. The third-order valence-corrected chi connectivity index (χ3v) is 3.59. The molecule has 0 aromatic carbocycles. The van der Waals surface area contributed by atoms with Crippen LogP contribution in [0, 0.1) is 5.92 Å². The number of hydrogen-bond donors (Lipinski definition) is 3. The maximum Gasteiger partial charge on any atom is 0.0508 e. The number of aromatic amines is 1. The molecule has 0 saturated carbocycles. The topological polar surface area (TPSA) is 43.1 Å². The zero-order valence-corrected chi connectivity index (χ0v) is 10.9. The zero-order valence-electron chi connectivity index (χ0n) is 10.9. The molecular weight excluding hydrogens is 212 g/mol. The highest BCUT2D eigenvalue weighted by Crippen LogP contribution is 2.21. The van der Waals surface area contributed by atoms with E-state index in [2.05, 4.69) is 39.6 Å². The molecule has 0 aliphatic carbocycles. The summed E-state index contributed by atoms with van der Waals surface area (Å²) in [7, 11) is 2.04. The van der Waals surface area contributed by atoms with Crippen LogP contribution in [0.25, 0.3) is 0 Å². The Morgan fingerprint density at radius 1 is 1.41 bits per heavy atom. The third-order valence-electron chi connectivity index (χ3n) is 3.59. The van der Waals surface area contributed by atoms with E-state index in [1.165, 1.54) is 18.8 Å². The Kier molecular flexibility index (Phi) is 4.59. The minimum atomic E-state index is 0.417. The van der Waals surface area contributed by atoms with Crippen LogP contribution in [-0.4, -0.2) is 49.7 Å². The maximum atomic E-state index is 3.42. The lowest BCUT2D eigenvalue weighted by Gasteiger charge is -2.32. The Morgan fingerprint density at radius 3 is 2.76 bits per heavy atom. The minimum absolute atomic E-state index is 0.417. The molecule has 1 aromatic heterocycles. The average Bonchev–Trinajstić information content (AvgIpc) is 2.85. The van der Waals surface area contributed by atoms with Gasteiger partial charge in [0.05, 0.1) is 6.04 Å². The van der Waals surface area contributed by atoms with Crippen molar-refractivity contribution in [2.75, 3.05) is 39.8 Å². The fourth-order valence-corrected chi connectivity index (χ4v) is 2.69. The number of nitrogens with one attached hydrogen (secondary N) is 3. The molecule has 2 rings (SSSR count). The van der Waals surface area contributed by atoms with Gasteiger partial charge in [0.25, 0.3) is 0 Å². The first kappa shape index (κ1) is 12.6. The van der Waals surface area contributed by atoms with Gasteiger partial charge in [-0.15, -0.1) is 0 Å². The van der Waals surface area contributed by atoms with E-state index < -0.39 is 0 Å². The van der Waals surface area contributed by atoms with Crippen LogP contribution >= 0.6 is 0 Å². The summed E-state index contributed by atoms with van der Waals surface area (Å²) in [5.41, 5.74) is 1.29. The number of hydrogen-bond acceptors (Lipinski definition) is 3. The van der Waals surface area contributed by atoms with E-state index in [0.29, 0.717) is 12.0 Å². The van der Waals surface area contributed by atoms with E-state index in [1.54, 1.807) is 0 Å². The van der Waals surface area contributed by atoms with Gasteiger partial charge in [0.1, 0.15) is 0 Å². The molecule has 4 nitrogen and oxygen atoms in total. The maximum absolute atomic E-state index is 3.42. The van der Waals surface area contributed by atoms with Crippen molar-refractivity contribution in [3.8, 4) is 0 Å². The molecule has 4 heteroatoms. The number of H-pyrrole nitrogens is 1. The van der Waals surface area contributed by atoms with Gasteiger partial charge in [0, 0.05) is 44.6 Å². The summed E-state index contributed by atoms with van der Waals surface area (Å²) in [5.74, 6) is 0.608. The molecule has 0 amide bonds. The van der Waals surface area contributed by atoms with Gasteiger partial charge in [-0.3, -0.25) is 0 Å². The van der Waals surface area contributed by atoms with Gasteiger partial charge in [0.15, 0.2) is 0 Å². The predicted molar refractivity (Wildman–Crippen MR) is 71.1 cm³/mol. The number of piperazine rings is 1. The van der Waals surface area contributed by atoms with Crippen LogP contribution in [0.2, 0.25) is 0 Å². The molecule has 2 heterocycles. The van der Waals surface area contributed by atoms with E-state index in [4.69, 9.17) is 0 Å². The Morgan fingerprint density at radius 2 is 2.18 bits per heavy atom. The van der Waals surface area contributed by atoms with Crippen LogP contribution < -0.4 is 10.6 Å². The predicted octanol–water partition coefficient (Wildman–Crippen LogP) is 0.817. The SMILES string of the molecule is CNC(c1ccc[nH]1)C(C)CN1CCNCC1. The van der Waals surface area contributed by atoms with E-state index >= 15 is 0 Å². The molecule has 17 heavy (non-hydrogen) atoms. The first-order chi connectivity index (χ1) is 8.31. The second kappa shape index (κ2) is 6.19. The van der Waals surface area contributed by atoms with Crippen molar-refractivity contribution in [3.05, 3.63) is 24.0 Å². The summed E-state index contributed by atoms with van der Waals surface area (Å²) >= 11 is 0. The molecule has 2 atom stereocenters. The minimum Gasteiger partial charge on any atom is -0.364 e. The summed E-state index contributed by atoms with van der Waals surface area (Å²) in [4.78, 5) is 5.86. The Hall–Kier alpha value is -0.840. The van der Waals surface area contributed by atoms with Crippen molar-refractivity contribution in [3.63, 3.8) is 0 Å². The van der Waals surface area contributed by atoms with E-state index in [0.717, 1.165) is 19.6 Å². The van der Waals surface area contributed by atoms with Crippen LogP contribution in [0.5, 0.6) is 0 Å². The molecule has 1 fully saturated rings. The highest BCUT2D eigenvalue weighted by molar-refractivity contribution is 5.10. The van der Waals surface area contributed by atoms with Crippen LogP contribution in [0.4, 0.5) is 0 Å². The van der Waals surface area contributed by atoms with Crippen LogP contribution in [0.1, 0.15) is 18.7 Å². The smallest absolute Gasteiger partial charge is 0.0508 e. The summed E-state index contributed by atoms with van der Waals surface area (Å²) < 4.78 is 0. The van der Waals surface area contributed by atoms with Gasteiger partial charge in [0.2, 0.25) is 0 Å². The summed E-state index contributed by atoms with van der Waals surface area (Å²) in [6.07, 6.45) is 2.00. The number of rotatable bonds is 5. The molecule has 2 unspecified atom stereocenters. The van der Waals surface area contributed by atoms with Gasteiger partial charge in [-0.25, -0.2) is 0 Å². The third kappa shape index (κ3) is 3.31. The average molecular weight is 236 g/mol. The Labute approximate surface area is 104 Å². The molecule has 1 aliphatic rings. The van der Waals surface area contributed by atoms with Crippen LogP contribution in [0.3, 0.4) is 0 Å². The standard InChI is InChI=1S/C13H24N4/c1-11(10-17-8-6-15-7-9-17)13(14-2)12-4-3-5-16-12/h3-5,11,13-16H,6-10H2,1-2H3. The van der Waals surface area contributed by atoms with Gasteiger partial charge in [-0.2, -0.15) is 0 Å². The first-order valence-corrected chi connectivity index (χ1v) is 6.55. The van der Waals surface area contributed by atoms with E-state index in [-0.39, 0.29) is 0 Å². The van der Waals surface area contributed by atoms with E-state index in [1.807, 2.05) is 13.2 Å². The molecule has 1 saturated heterocycles. The number of nitrogens with zero attached hydrogens (tertiary/aromatic N) is 1. The molecule has 96 valence electrons. The van der Waals surface area contributed by atoms with Crippen molar-refractivity contribution in [1.82, 2.24) is 20.5 Å². The summed E-state index contributed by atoms with van der Waals surface area (Å²) in [6, 6.07) is 4.65. The molecule has 0 radical (unpaired) electrons. The molecule has 3 N–H and O–H groups in total. The first-order valence-electron chi connectivity index (χ1n) is 6.55. The quantitative estimate of drug-likeness (QED) is 0.709. The van der Waals surface area contributed by atoms with Crippen LogP contribution in [0.15, 0.2) is 18.3 Å². The van der Waals surface area contributed by atoms with Crippen molar-refractivity contribution in [2.45, 2.75) is 13.0 Å². The molecule has 0 bridgehead atoms.